The average Bonchev–Trinajstić information content (AvgIpc) is 2.43. The highest BCUT2D eigenvalue weighted by Crippen LogP contribution is 2.23. The minimum absolute atomic E-state index is 0.0836. The van der Waals surface area contributed by atoms with Crippen LogP contribution in [0.2, 0.25) is 5.02 Å². The quantitative estimate of drug-likeness (QED) is 0.851. The fourth-order valence-corrected chi connectivity index (χ4v) is 2.15. The summed E-state index contributed by atoms with van der Waals surface area (Å²) in [4.78, 5) is 0. The number of hydrogen-bond acceptors (Lipinski definition) is 1. The highest BCUT2D eigenvalue weighted by atomic mass is 35.5. The van der Waals surface area contributed by atoms with Crippen LogP contribution in [-0.2, 0) is 6.42 Å². The van der Waals surface area contributed by atoms with E-state index in [0.29, 0.717) is 12.0 Å². The van der Waals surface area contributed by atoms with Crippen molar-refractivity contribution in [3.63, 3.8) is 0 Å². The van der Waals surface area contributed by atoms with Crippen LogP contribution in [-0.4, -0.2) is 5.11 Å². The van der Waals surface area contributed by atoms with Crippen LogP contribution in [0.25, 0.3) is 0 Å². The molecule has 0 fully saturated rings. The Bertz CT molecular complexity index is 528. The molecule has 0 aliphatic rings. The summed E-state index contributed by atoms with van der Waals surface area (Å²) in [6.45, 7) is 0. The van der Waals surface area contributed by atoms with Gasteiger partial charge in [-0.2, -0.15) is 0 Å². The standard InChI is InChI=1S/C16H16ClFO/c17-14-10-9-13(11-15(14)18)16(19)8-4-7-12-5-2-1-3-6-12/h1-3,5-6,9-11,16,19H,4,7-8H2. The van der Waals surface area contributed by atoms with E-state index in [9.17, 15) is 9.50 Å². The molecule has 1 N–H and O–H groups in total. The van der Waals surface area contributed by atoms with E-state index in [2.05, 4.69) is 12.1 Å². The zero-order valence-electron chi connectivity index (χ0n) is 10.5. The van der Waals surface area contributed by atoms with Crippen molar-refractivity contribution in [3.05, 3.63) is 70.5 Å². The molecule has 1 unspecified atom stereocenters. The minimum atomic E-state index is -0.643. The number of benzene rings is 2. The van der Waals surface area contributed by atoms with Crippen LogP contribution in [0.15, 0.2) is 48.5 Å². The van der Waals surface area contributed by atoms with Gasteiger partial charge in [0.1, 0.15) is 5.82 Å². The van der Waals surface area contributed by atoms with E-state index >= 15 is 0 Å². The second kappa shape index (κ2) is 6.69. The number of aliphatic hydroxyl groups excluding tert-OH is 1. The van der Waals surface area contributed by atoms with Gasteiger partial charge < -0.3 is 5.11 Å². The predicted molar refractivity (Wildman–Crippen MR) is 75.7 cm³/mol. The first-order valence-corrected chi connectivity index (χ1v) is 6.71. The molecule has 0 saturated heterocycles. The summed E-state index contributed by atoms with van der Waals surface area (Å²) in [7, 11) is 0. The van der Waals surface area contributed by atoms with Gasteiger partial charge in [-0.25, -0.2) is 4.39 Å². The van der Waals surface area contributed by atoms with Gasteiger partial charge in [-0.1, -0.05) is 48.0 Å². The highest BCUT2D eigenvalue weighted by molar-refractivity contribution is 6.30. The number of aliphatic hydroxyl groups is 1. The van der Waals surface area contributed by atoms with E-state index in [1.807, 2.05) is 18.2 Å². The van der Waals surface area contributed by atoms with Crippen LogP contribution in [0.4, 0.5) is 4.39 Å². The molecule has 0 aliphatic carbocycles. The van der Waals surface area contributed by atoms with Crippen molar-refractivity contribution in [2.75, 3.05) is 0 Å². The second-order valence-electron chi connectivity index (χ2n) is 4.57. The van der Waals surface area contributed by atoms with Crippen LogP contribution < -0.4 is 0 Å². The van der Waals surface area contributed by atoms with Crippen molar-refractivity contribution >= 4 is 11.6 Å². The van der Waals surface area contributed by atoms with Gasteiger partial charge in [0.25, 0.3) is 0 Å². The molecule has 2 aromatic rings. The Kier molecular flexibility index (Phi) is 4.94. The first-order valence-electron chi connectivity index (χ1n) is 6.34. The van der Waals surface area contributed by atoms with Crippen molar-refractivity contribution in [1.82, 2.24) is 0 Å². The van der Waals surface area contributed by atoms with E-state index in [4.69, 9.17) is 11.6 Å². The van der Waals surface area contributed by atoms with Crippen LogP contribution in [0, 0.1) is 5.82 Å². The number of aryl methyl sites for hydroxylation is 1. The lowest BCUT2D eigenvalue weighted by atomic mass is 10.0. The summed E-state index contributed by atoms with van der Waals surface area (Å²) in [6, 6.07) is 14.6. The zero-order valence-corrected chi connectivity index (χ0v) is 11.3. The summed E-state index contributed by atoms with van der Waals surface area (Å²) in [5, 5.41) is 10.1. The van der Waals surface area contributed by atoms with Crippen molar-refractivity contribution in [2.24, 2.45) is 0 Å². The van der Waals surface area contributed by atoms with Gasteiger partial charge in [0, 0.05) is 0 Å². The van der Waals surface area contributed by atoms with E-state index in [1.54, 1.807) is 6.07 Å². The molecule has 1 atom stereocenters. The summed E-state index contributed by atoms with van der Waals surface area (Å²) in [5.74, 6) is -0.485. The van der Waals surface area contributed by atoms with Crippen LogP contribution in [0.1, 0.15) is 30.1 Å². The molecule has 0 saturated carbocycles. The maximum absolute atomic E-state index is 13.3. The van der Waals surface area contributed by atoms with Gasteiger partial charge in [0.05, 0.1) is 11.1 Å². The van der Waals surface area contributed by atoms with E-state index in [0.717, 1.165) is 12.8 Å². The fraction of sp³-hybridized carbons (Fsp3) is 0.250. The van der Waals surface area contributed by atoms with Crippen LogP contribution in [0.3, 0.4) is 0 Å². The van der Waals surface area contributed by atoms with Gasteiger partial charge in [0.2, 0.25) is 0 Å². The number of hydrogen-bond donors (Lipinski definition) is 1. The fourth-order valence-electron chi connectivity index (χ4n) is 2.03. The summed E-state index contributed by atoms with van der Waals surface area (Å²) < 4.78 is 13.3. The predicted octanol–water partition coefficient (Wildman–Crippen LogP) is 4.54. The lowest BCUT2D eigenvalue weighted by molar-refractivity contribution is 0.164. The Morgan fingerprint density at radius 1 is 1.11 bits per heavy atom. The minimum Gasteiger partial charge on any atom is -0.388 e. The number of rotatable bonds is 5. The maximum Gasteiger partial charge on any atom is 0.142 e. The smallest absolute Gasteiger partial charge is 0.142 e. The second-order valence-corrected chi connectivity index (χ2v) is 4.97. The van der Waals surface area contributed by atoms with Crippen molar-refractivity contribution in [3.8, 4) is 0 Å². The van der Waals surface area contributed by atoms with E-state index < -0.39 is 11.9 Å². The Balaban J connectivity index is 1.87. The largest absolute Gasteiger partial charge is 0.388 e. The van der Waals surface area contributed by atoms with E-state index in [-0.39, 0.29) is 5.02 Å². The van der Waals surface area contributed by atoms with Crippen molar-refractivity contribution in [2.45, 2.75) is 25.4 Å². The molecule has 2 rings (SSSR count). The third-order valence-corrected chi connectivity index (χ3v) is 3.42. The van der Waals surface area contributed by atoms with Gasteiger partial charge >= 0.3 is 0 Å². The normalized spacial score (nSPS) is 12.4. The summed E-state index contributed by atoms with van der Waals surface area (Å²) in [6.07, 6.45) is 1.73. The lowest BCUT2D eigenvalue weighted by Gasteiger charge is -2.11. The molecule has 100 valence electrons. The molecule has 0 heterocycles. The SMILES string of the molecule is OC(CCCc1ccccc1)c1ccc(Cl)c(F)c1. The molecule has 0 amide bonds. The molecule has 0 bridgehead atoms. The summed E-state index contributed by atoms with van der Waals surface area (Å²) in [5.41, 5.74) is 1.83. The van der Waals surface area contributed by atoms with E-state index in [1.165, 1.54) is 17.7 Å². The lowest BCUT2D eigenvalue weighted by Crippen LogP contribution is -1.99. The molecule has 0 aromatic heterocycles. The first-order chi connectivity index (χ1) is 9.16. The molecule has 3 heteroatoms. The molecule has 19 heavy (non-hydrogen) atoms. The van der Waals surface area contributed by atoms with Gasteiger partial charge in [-0.05, 0) is 42.5 Å². The van der Waals surface area contributed by atoms with Crippen LogP contribution in [0.5, 0.6) is 0 Å². The molecule has 0 spiro atoms. The Morgan fingerprint density at radius 2 is 1.84 bits per heavy atom. The third-order valence-electron chi connectivity index (χ3n) is 3.11. The molecule has 2 aromatic carbocycles. The van der Waals surface area contributed by atoms with Crippen LogP contribution >= 0.6 is 11.6 Å². The molecule has 0 aliphatic heterocycles. The summed E-state index contributed by atoms with van der Waals surface area (Å²) >= 11 is 5.61. The Morgan fingerprint density at radius 3 is 2.53 bits per heavy atom. The number of halogens is 2. The monoisotopic (exact) mass is 278 g/mol. The van der Waals surface area contributed by atoms with Gasteiger partial charge in [-0.3, -0.25) is 0 Å². The third kappa shape index (κ3) is 4.05. The average molecular weight is 279 g/mol. The van der Waals surface area contributed by atoms with Gasteiger partial charge in [-0.15, -0.1) is 0 Å². The van der Waals surface area contributed by atoms with Gasteiger partial charge in [0.15, 0.2) is 0 Å². The topological polar surface area (TPSA) is 20.2 Å². The zero-order chi connectivity index (χ0) is 13.7. The maximum atomic E-state index is 13.3. The van der Waals surface area contributed by atoms with Crippen molar-refractivity contribution < 1.29 is 9.50 Å². The first kappa shape index (κ1) is 14.0. The molecular formula is C16H16ClFO. The highest BCUT2D eigenvalue weighted by Gasteiger charge is 2.10. The molecular weight excluding hydrogens is 263 g/mol. The molecule has 1 nitrogen and oxygen atoms in total. The molecule has 0 radical (unpaired) electrons. The Labute approximate surface area is 117 Å². The van der Waals surface area contributed by atoms with Crippen molar-refractivity contribution in [1.29, 1.82) is 0 Å². The Hall–Kier alpha value is -1.38.